The quantitative estimate of drug-likeness (QED) is 0.578. The molecule has 0 spiro atoms. The van der Waals surface area contributed by atoms with E-state index in [0.717, 1.165) is 10.7 Å². The van der Waals surface area contributed by atoms with Crippen molar-refractivity contribution >= 4 is 10.9 Å². The zero-order valence-electron chi connectivity index (χ0n) is 5.80. The lowest BCUT2D eigenvalue weighted by Crippen LogP contribution is -1.97. The number of aryl methyl sites for hydroxylation is 1. The van der Waals surface area contributed by atoms with Crippen LogP contribution in [0.5, 0.6) is 0 Å². The number of H-pyrrole nitrogens is 1. The summed E-state index contributed by atoms with van der Waals surface area (Å²) >= 11 is 0. The molecule has 0 saturated heterocycles. The highest BCUT2D eigenvalue weighted by Crippen LogP contribution is 2.06. The summed E-state index contributed by atoms with van der Waals surface area (Å²) in [5, 5.41) is 11.6. The van der Waals surface area contributed by atoms with Gasteiger partial charge in [0.25, 0.3) is 5.03 Å². The van der Waals surface area contributed by atoms with E-state index in [0.29, 0.717) is 0 Å². The first-order chi connectivity index (χ1) is 4.22. The summed E-state index contributed by atoms with van der Waals surface area (Å²) in [7, 11) is 0.236. The topological polar surface area (TPSA) is 41.6 Å². The van der Waals surface area contributed by atoms with Gasteiger partial charge in [-0.15, -0.1) is 5.10 Å². The molecular weight excluding hydrogens is 134 g/mol. The van der Waals surface area contributed by atoms with E-state index >= 15 is 0 Å². The maximum absolute atomic E-state index is 3.99. The number of nitrogens with zero attached hydrogens (tertiary/aromatic N) is 2. The molecule has 0 amide bonds. The highest BCUT2D eigenvalue weighted by atomic mass is 32.2. The fourth-order valence-corrected chi connectivity index (χ4v) is 1.52. The average molecular weight is 144 g/mol. The van der Waals surface area contributed by atoms with Gasteiger partial charge in [-0.05, 0) is 6.92 Å². The van der Waals surface area contributed by atoms with Crippen LogP contribution in [0, 0.1) is 6.92 Å². The van der Waals surface area contributed by atoms with Crippen molar-refractivity contribution in [3.63, 3.8) is 0 Å². The van der Waals surface area contributed by atoms with Crippen LogP contribution in [0.25, 0.3) is 0 Å². The van der Waals surface area contributed by atoms with Gasteiger partial charge >= 0.3 is 0 Å². The van der Waals surface area contributed by atoms with E-state index in [1.807, 2.05) is 6.92 Å². The molecule has 0 saturated carbocycles. The zero-order chi connectivity index (χ0) is 6.85. The third-order valence-electron chi connectivity index (χ3n) is 1.07. The normalized spacial score (nSPS) is 10.7. The SMILES string of the molecule is Cc1n[nH]nc1[S+](C)C. The van der Waals surface area contributed by atoms with Crippen molar-refractivity contribution in [2.45, 2.75) is 11.9 Å². The van der Waals surface area contributed by atoms with Crippen LogP contribution in [0.15, 0.2) is 5.03 Å². The third kappa shape index (κ3) is 1.24. The molecule has 0 aliphatic rings. The van der Waals surface area contributed by atoms with Crippen LogP contribution in [-0.2, 0) is 10.9 Å². The fourth-order valence-electron chi connectivity index (χ4n) is 0.661. The summed E-state index contributed by atoms with van der Waals surface area (Å²) in [6, 6.07) is 0. The molecule has 4 heteroatoms. The summed E-state index contributed by atoms with van der Waals surface area (Å²) in [5.41, 5.74) is 1.02. The Balaban J connectivity index is 2.94. The van der Waals surface area contributed by atoms with Gasteiger partial charge in [-0.25, -0.2) is 0 Å². The minimum Gasteiger partial charge on any atom is -0.193 e. The van der Waals surface area contributed by atoms with E-state index in [1.54, 1.807) is 0 Å². The number of aromatic amines is 1. The summed E-state index contributed by atoms with van der Waals surface area (Å²) < 4.78 is 0. The Bertz CT molecular complexity index is 194. The Morgan fingerprint density at radius 1 is 1.33 bits per heavy atom. The maximum atomic E-state index is 3.99. The van der Waals surface area contributed by atoms with Gasteiger partial charge in [-0.1, -0.05) is 0 Å². The molecule has 1 heterocycles. The fraction of sp³-hybridized carbons (Fsp3) is 0.600. The predicted octanol–water partition coefficient (Wildman–Crippen LogP) is 0.350. The molecule has 1 N–H and O–H groups in total. The van der Waals surface area contributed by atoms with Crippen molar-refractivity contribution in [2.24, 2.45) is 0 Å². The first-order valence-corrected chi connectivity index (χ1v) is 4.71. The summed E-state index contributed by atoms with van der Waals surface area (Å²) in [5.74, 6) is 0. The number of hydrogen-bond donors (Lipinski definition) is 1. The standard InChI is InChI=1S/C5H10N3S/c1-4-5(9(2)3)7-8-6-4/h1-3H3,(H,6,7,8)/q+1. The van der Waals surface area contributed by atoms with Crippen molar-refractivity contribution in [1.29, 1.82) is 0 Å². The van der Waals surface area contributed by atoms with Crippen LogP contribution in [0.4, 0.5) is 0 Å². The van der Waals surface area contributed by atoms with Crippen LogP contribution < -0.4 is 0 Å². The Labute approximate surface area is 57.2 Å². The molecule has 0 aromatic carbocycles. The Kier molecular flexibility index (Phi) is 1.75. The van der Waals surface area contributed by atoms with Gasteiger partial charge < -0.3 is 0 Å². The van der Waals surface area contributed by atoms with Crippen molar-refractivity contribution < 1.29 is 0 Å². The van der Waals surface area contributed by atoms with Crippen LogP contribution in [0.1, 0.15) is 5.69 Å². The van der Waals surface area contributed by atoms with Gasteiger partial charge in [-0.3, -0.25) is 0 Å². The second-order valence-electron chi connectivity index (χ2n) is 2.03. The highest BCUT2D eigenvalue weighted by molar-refractivity contribution is 7.95. The van der Waals surface area contributed by atoms with E-state index in [2.05, 4.69) is 27.9 Å². The molecule has 9 heavy (non-hydrogen) atoms. The molecule has 0 radical (unpaired) electrons. The molecule has 0 aliphatic carbocycles. The molecule has 0 fully saturated rings. The number of aromatic nitrogens is 3. The molecule has 0 atom stereocenters. The van der Waals surface area contributed by atoms with Crippen LogP contribution in [0.3, 0.4) is 0 Å². The van der Waals surface area contributed by atoms with E-state index in [1.165, 1.54) is 0 Å². The monoisotopic (exact) mass is 144 g/mol. The van der Waals surface area contributed by atoms with Gasteiger partial charge in [0.05, 0.1) is 0 Å². The maximum Gasteiger partial charge on any atom is 0.287 e. The molecule has 1 aromatic rings. The van der Waals surface area contributed by atoms with E-state index in [4.69, 9.17) is 0 Å². The molecule has 0 unspecified atom stereocenters. The Hall–Kier alpha value is -0.510. The first-order valence-electron chi connectivity index (χ1n) is 2.67. The van der Waals surface area contributed by atoms with E-state index < -0.39 is 0 Å². The van der Waals surface area contributed by atoms with Gasteiger partial charge in [-0.2, -0.15) is 10.3 Å². The second-order valence-corrected chi connectivity index (χ2v) is 4.05. The van der Waals surface area contributed by atoms with Gasteiger partial charge in [0, 0.05) is 10.9 Å². The third-order valence-corrected chi connectivity index (χ3v) is 2.23. The van der Waals surface area contributed by atoms with E-state index in [9.17, 15) is 0 Å². The van der Waals surface area contributed by atoms with E-state index in [-0.39, 0.29) is 10.9 Å². The number of hydrogen-bond acceptors (Lipinski definition) is 2. The number of nitrogens with one attached hydrogen (secondary N) is 1. The molecule has 50 valence electrons. The summed E-state index contributed by atoms with van der Waals surface area (Å²) in [4.78, 5) is 0. The van der Waals surface area contributed by atoms with Crippen molar-refractivity contribution in [3.05, 3.63) is 5.69 Å². The zero-order valence-corrected chi connectivity index (χ0v) is 6.62. The summed E-state index contributed by atoms with van der Waals surface area (Å²) in [6.45, 7) is 1.96. The lowest BCUT2D eigenvalue weighted by molar-refractivity contribution is 0.907. The van der Waals surface area contributed by atoms with Gasteiger partial charge in [0.2, 0.25) is 0 Å². The molecule has 1 rings (SSSR count). The average Bonchev–Trinajstić information content (AvgIpc) is 2.13. The Morgan fingerprint density at radius 3 is 2.22 bits per heavy atom. The van der Waals surface area contributed by atoms with Gasteiger partial charge in [0.1, 0.15) is 18.2 Å². The molecule has 3 nitrogen and oxygen atoms in total. The van der Waals surface area contributed by atoms with Crippen molar-refractivity contribution in [2.75, 3.05) is 12.5 Å². The van der Waals surface area contributed by atoms with Crippen molar-refractivity contribution in [3.8, 4) is 0 Å². The van der Waals surface area contributed by atoms with Gasteiger partial charge in [0.15, 0.2) is 0 Å². The predicted molar refractivity (Wildman–Crippen MR) is 38.6 cm³/mol. The Morgan fingerprint density at radius 2 is 2.00 bits per heavy atom. The minimum absolute atomic E-state index is 0.236. The van der Waals surface area contributed by atoms with Crippen molar-refractivity contribution in [1.82, 2.24) is 15.4 Å². The second kappa shape index (κ2) is 2.39. The van der Waals surface area contributed by atoms with Crippen LogP contribution >= 0.6 is 0 Å². The smallest absolute Gasteiger partial charge is 0.193 e. The number of rotatable bonds is 1. The lowest BCUT2D eigenvalue weighted by Gasteiger charge is -1.86. The van der Waals surface area contributed by atoms with Crippen LogP contribution in [-0.4, -0.2) is 27.9 Å². The molecular formula is C5H10N3S+. The molecule has 0 aliphatic heterocycles. The first kappa shape index (κ1) is 6.61. The molecule has 0 bridgehead atoms. The highest BCUT2D eigenvalue weighted by Gasteiger charge is 2.15. The lowest BCUT2D eigenvalue weighted by atomic mass is 10.6. The molecule has 1 aromatic heterocycles. The summed E-state index contributed by atoms with van der Waals surface area (Å²) in [6.07, 6.45) is 4.26. The minimum atomic E-state index is 0.236. The largest absolute Gasteiger partial charge is 0.287 e. The van der Waals surface area contributed by atoms with Crippen LogP contribution in [0.2, 0.25) is 0 Å².